The summed E-state index contributed by atoms with van der Waals surface area (Å²) >= 11 is 0. The highest BCUT2D eigenvalue weighted by molar-refractivity contribution is 6.12. The second-order valence-electron chi connectivity index (χ2n) is 10.7. The highest BCUT2D eigenvalue weighted by atomic mass is 15.0. The first-order valence-electron chi connectivity index (χ1n) is 13.8. The first-order chi connectivity index (χ1) is 20.2. The molecular weight excluding hydrogens is 498 g/mol. The summed E-state index contributed by atoms with van der Waals surface area (Å²) in [6.07, 6.45) is 0. The van der Waals surface area contributed by atoms with Gasteiger partial charge in [0, 0.05) is 32.9 Å². The number of fused-ring (bicyclic) bond motifs is 6. The molecule has 6 aromatic carbocycles. The maximum absolute atomic E-state index is 9.30. The predicted octanol–water partition coefficient (Wildman–Crippen LogP) is 9.73. The first kappa shape index (κ1) is 23.3. The third-order valence-electron chi connectivity index (χ3n) is 8.20. The van der Waals surface area contributed by atoms with E-state index >= 15 is 0 Å². The minimum absolute atomic E-state index is 0.664. The van der Waals surface area contributed by atoms with Crippen LogP contribution < -0.4 is 0 Å². The van der Waals surface area contributed by atoms with Gasteiger partial charge >= 0.3 is 0 Å². The summed E-state index contributed by atoms with van der Waals surface area (Å²) in [5.74, 6) is 0. The second-order valence-corrected chi connectivity index (χ2v) is 10.7. The summed E-state index contributed by atoms with van der Waals surface area (Å²) in [5, 5.41) is 14.2. The molecule has 0 radical (unpaired) electrons. The molecule has 0 fully saturated rings. The summed E-state index contributed by atoms with van der Waals surface area (Å²) in [6.45, 7) is 2.13. The molecule has 192 valence electrons. The third kappa shape index (κ3) is 3.58. The van der Waals surface area contributed by atoms with Crippen LogP contribution in [-0.4, -0.2) is 9.13 Å². The van der Waals surface area contributed by atoms with E-state index in [1.54, 1.807) is 0 Å². The van der Waals surface area contributed by atoms with Crippen molar-refractivity contribution in [3.8, 4) is 28.6 Å². The zero-order chi connectivity index (χ0) is 27.5. The fraction of sp³-hybridized carbons (Fsp3) is 0.0263. The lowest BCUT2D eigenvalue weighted by atomic mass is 10.0. The predicted molar refractivity (Wildman–Crippen MR) is 170 cm³/mol. The molecule has 0 N–H and O–H groups in total. The number of hydrogen-bond acceptors (Lipinski definition) is 1. The molecule has 0 atom stereocenters. The van der Waals surface area contributed by atoms with Crippen LogP contribution in [0.25, 0.3) is 66.1 Å². The molecule has 0 unspecified atom stereocenters. The van der Waals surface area contributed by atoms with Crippen LogP contribution in [-0.2, 0) is 0 Å². The van der Waals surface area contributed by atoms with E-state index in [2.05, 4.69) is 131 Å². The maximum Gasteiger partial charge on any atom is 0.0991 e. The molecule has 0 aliphatic carbocycles. The van der Waals surface area contributed by atoms with Gasteiger partial charge in [-0.2, -0.15) is 5.26 Å². The van der Waals surface area contributed by atoms with Gasteiger partial charge in [-0.05, 0) is 96.4 Å². The fourth-order valence-electron chi connectivity index (χ4n) is 6.28. The van der Waals surface area contributed by atoms with Gasteiger partial charge in [0.15, 0.2) is 0 Å². The van der Waals surface area contributed by atoms with E-state index < -0.39 is 0 Å². The summed E-state index contributed by atoms with van der Waals surface area (Å²) in [4.78, 5) is 0. The molecule has 0 saturated heterocycles. The van der Waals surface area contributed by atoms with E-state index in [-0.39, 0.29) is 0 Å². The van der Waals surface area contributed by atoms with Crippen LogP contribution in [0.1, 0.15) is 11.1 Å². The Labute approximate surface area is 237 Å². The highest BCUT2D eigenvalue weighted by Crippen LogP contribution is 2.38. The first-order valence-corrected chi connectivity index (χ1v) is 13.8. The van der Waals surface area contributed by atoms with Crippen molar-refractivity contribution in [1.82, 2.24) is 9.13 Å². The lowest BCUT2D eigenvalue weighted by Gasteiger charge is -2.09. The Kier molecular flexibility index (Phi) is 5.10. The molecule has 0 saturated carbocycles. The van der Waals surface area contributed by atoms with Crippen LogP contribution in [0, 0.1) is 18.3 Å². The maximum atomic E-state index is 9.30. The van der Waals surface area contributed by atoms with Gasteiger partial charge in [-0.25, -0.2) is 0 Å². The van der Waals surface area contributed by atoms with Crippen molar-refractivity contribution >= 4 is 43.6 Å². The summed E-state index contributed by atoms with van der Waals surface area (Å²) in [6, 6.07) is 49.6. The fourth-order valence-corrected chi connectivity index (χ4v) is 6.28. The van der Waals surface area contributed by atoms with Crippen LogP contribution in [0.2, 0.25) is 0 Å². The van der Waals surface area contributed by atoms with Gasteiger partial charge < -0.3 is 9.13 Å². The van der Waals surface area contributed by atoms with Crippen molar-refractivity contribution in [3.05, 3.63) is 145 Å². The minimum atomic E-state index is 0.664. The molecule has 0 aliphatic rings. The Morgan fingerprint density at radius 3 is 1.71 bits per heavy atom. The van der Waals surface area contributed by atoms with E-state index in [0.29, 0.717) is 5.56 Å². The zero-order valence-electron chi connectivity index (χ0n) is 22.5. The number of nitriles is 1. The van der Waals surface area contributed by atoms with Crippen molar-refractivity contribution < 1.29 is 0 Å². The van der Waals surface area contributed by atoms with Gasteiger partial charge in [0.2, 0.25) is 0 Å². The highest BCUT2D eigenvalue weighted by Gasteiger charge is 2.16. The molecule has 0 amide bonds. The van der Waals surface area contributed by atoms with Gasteiger partial charge in [0.05, 0.1) is 33.7 Å². The van der Waals surface area contributed by atoms with Crippen molar-refractivity contribution in [3.63, 3.8) is 0 Å². The van der Waals surface area contributed by atoms with Crippen LogP contribution in [0.5, 0.6) is 0 Å². The largest absolute Gasteiger partial charge is 0.309 e. The van der Waals surface area contributed by atoms with Gasteiger partial charge in [0.1, 0.15) is 0 Å². The number of para-hydroxylation sites is 2. The lowest BCUT2D eigenvalue weighted by molar-refractivity contribution is 1.17. The normalized spacial score (nSPS) is 11.5. The van der Waals surface area contributed by atoms with Crippen molar-refractivity contribution in [2.45, 2.75) is 6.92 Å². The van der Waals surface area contributed by atoms with Gasteiger partial charge in [-0.1, -0.05) is 60.7 Å². The quantitative estimate of drug-likeness (QED) is 0.227. The molecular formula is C38H25N3. The average Bonchev–Trinajstić information content (AvgIpc) is 3.53. The molecule has 0 bridgehead atoms. The topological polar surface area (TPSA) is 33.6 Å². The van der Waals surface area contributed by atoms with Crippen LogP contribution in [0.4, 0.5) is 0 Å². The van der Waals surface area contributed by atoms with Crippen LogP contribution in [0.15, 0.2) is 133 Å². The Morgan fingerprint density at radius 2 is 1.02 bits per heavy atom. The molecule has 2 aromatic heterocycles. The standard InChI is InChI=1S/C38H25N3/c1-25-11-18-32-34-23-28(15-20-37(34)41(38(32)21-25)30-16-12-26(24-39)13-17-30)27-14-19-36-33(22-27)31-9-5-6-10-35(31)40(36)29-7-3-2-4-8-29/h2-23H,1H3. The van der Waals surface area contributed by atoms with Gasteiger partial charge in [0.25, 0.3) is 0 Å². The Bertz CT molecular complexity index is 2310. The zero-order valence-corrected chi connectivity index (χ0v) is 22.5. The molecule has 8 rings (SSSR count). The number of hydrogen-bond donors (Lipinski definition) is 0. The second kappa shape index (κ2) is 8.98. The third-order valence-corrected chi connectivity index (χ3v) is 8.20. The molecule has 0 aliphatic heterocycles. The van der Waals surface area contributed by atoms with Crippen molar-refractivity contribution in [1.29, 1.82) is 5.26 Å². The number of aromatic nitrogens is 2. The van der Waals surface area contributed by atoms with E-state index in [9.17, 15) is 5.26 Å². The summed E-state index contributed by atoms with van der Waals surface area (Å²) in [7, 11) is 0. The number of aryl methyl sites for hydroxylation is 1. The minimum Gasteiger partial charge on any atom is -0.309 e. The SMILES string of the molecule is Cc1ccc2c3cc(-c4ccc5c(c4)c4ccccc4n5-c4ccccc4)ccc3n(-c3ccc(C#N)cc3)c2c1. The summed E-state index contributed by atoms with van der Waals surface area (Å²) < 4.78 is 4.66. The number of rotatable bonds is 3. The molecule has 3 heteroatoms. The van der Waals surface area contributed by atoms with Crippen LogP contribution >= 0.6 is 0 Å². The van der Waals surface area contributed by atoms with E-state index in [0.717, 1.165) is 11.2 Å². The Morgan fingerprint density at radius 1 is 0.463 bits per heavy atom. The molecule has 3 nitrogen and oxygen atoms in total. The average molecular weight is 524 g/mol. The Balaban J connectivity index is 1.35. The smallest absolute Gasteiger partial charge is 0.0991 e. The van der Waals surface area contributed by atoms with Crippen molar-refractivity contribution in [2.75, 3.05) is 0 Å². The van der Waals surface area contributed by atoms with Gasteiger partial charge in [-0.3, -0.25) is 0 Å². The summed E-state index contributed by atoms with van der Waals surface area (Å²) in [5.41, 5.74) is 11.2. The monoisotopic (exact) mass is 523 g/mol. The number of nitrogens with zero attached hydrogens (tertiary/aromatic N) is 3. The van der Waals surface area contributed by atoms with E-state index in [1.807, 2.05) is 24.3 Å². The lowest BCUT2D eigenvalue weighted by Crippen LogP contribution is -1.94. The van der Waals surface area contributed by atoms with Crippen LogP contribution in [0.3, 0.4) is 0 Å². The molecule has 0 spiro atoms. The molecule has 2 heterocycles. The van der Waals surface area contributed by atoms with Gasteiger partial charge in [-0.15, -0.1) is 0 Å². The molecule has 8 aromatic rings. The number of benzene rings is 6. The van der Waals surface area contributed by atoms with E-state index in [1.165, 1.54) is 60.5 Å². The van der Waals surface area contributed by atoms with E-state index in [4.69, 9.17) is 0 Å². The Hall–Kier alpha value is -5.59. The van der Waals surface area contributed by atoms with Crippen molar-refractivity contribution in [2.24, 2.45) is 0 Å². The molecule has 41 heavy (non-hydrogen) atoms.